The highest BCUT2D eigenvalue weighted by Gasteiger charge is 2.58. The topological polar surface area (TPSA) is 13.0 Å². The number of anilines is 11. The zero-order chi connectivity index (χ0) is 54.2. The number of fused-ring (bicyclic) bond motifs is 7. The summed E-state index contributed by atoms with van der Waals surface area (Å²) in [6.07, 6.45) is 4.61. The van der Waals surface area contributed by atoms with Crippen molar-refractivity contribution in [3.8, 4) is 0 Å². The van der Waals surface area contributed by atoms with Gasteiger partial charge in [-0.2, -0.15) is 0 Å². The fourth-order valence-electron chi connectivity index (χ4n) is 13.7. The summed E-state index contributed by atoms with van der Waals surface area (Å²) < 4.78 is 0. The van der Waals surface area contributed by atoms with Gasteiger partial charge in [0.15, 0.2) is 0 Å². The molecule has 0 saturated heterocycles. The Labute approximate surface area is 461 Å². The van der Waals surface area contributed by atoms with Gasteiger partial charge in [0, 0.05) is 68.0 Å². The molecule has 0 aromatic heterocycles. The van der Waals surface area contributed by atoms with Gasteiger partial charge in [-0.1, -0.05) is 188 Å². The molecule has 0 radical (unpaired) electrons. The van der Waals surface area contributed by atoms with Crippen molar-refractivity contribution in [2.24, 2.45) is 0 Å². The van der Waals surface area contributed by atoms with Crippen molar-refractivity contribution in [2.75, 3.05) is 19.6 Å². The highest BCUT2D eigenvalue weighted by Crippen LogP contribution is 2.63. The average molecular weight is 1010 g/mol. The molecule has 12 rings (SSSR count). The molecule has 3 aliphatic heterocycles. The molecular formula is C72H79BN4. The van der Waals surface area contributed by atoms with E-state index >= 15 is 0 Å². The van der Waals surface area contributed by atoms with Crippen molar-refractivity contribution in [3.63, 3.8) is 0 Å². The first-order chi connectivity index (χ1) is 36.5. The van der Waals surface area contributed by atoms with E-state index in [1.54, 1.807) is 0 Å². The van der Waals surface area contributed by atoms with Crippen LogP contribution < -0.4 is 36.0 Å². The van der Waals surface area contributed by atoms with Gasteiger partial charge in [-0.3, -0.25) is 0 Å². The van der Waals surface area contributed by atoms with Crippen LogP contribution in [-0.4, -0.2) is 12.3 Å². The third-order valence-electron chi connectivity index (χ3n) is 18.4. The number of hydrogen-bond acceptors (Lipinski definition) is 4. The number of hydrogen-bond donors (Lipinski definition) is 0. The maximum Gasteiger partial charge on any atom is 0.252 e. The number of para-hydroxylation sites is 2. The fraction of sp³-hybridized carbons (Fsp3) is 0.333. The molecule has 8 aromatic carbocycles. The standard InChI is InChI=1S/C72H79BN4/c1-67(2,3)48-25-23-31-54(41-48)75-62-43-50(69(7,8)9)33-36-59(62)73-60-37-34-51(70(10,11)12)44-63(60)76(55-32-24-26-49(42-55)68(4,5)6)65-47-57(46-64(75)66(65)73)77-61-38-35-56(45-58(61)71(13)39-21-22-40-72(71,77)14)74(52-27-17-15-18-28-52)53-29-19-16-20-30-53/h15-20,23-38,41-47H,21-22,39-40H2,1-14H3. The van der Waals surface area contributed by atoms with E-state index in [1.165, 1.54) is 108 Å². The van der Waals surface area contributed by atoms with Crippen LogP contribution in [0.4, 0.5) is 62.6 Å². The van der Waals surface area contributed by atoms with E-state index in [0.717, 1.165) is 24.2 Å². The second-order valence-electron chi connectivity index (χ2n) is 27.5. The third-order valence-corrected chi connectivity index (χ3v) is 18.4. The Morgan fingerprint density at radius 1 is 0.390 bits per heavy atom. The smallest absolute Gasteiger partial charge is 0.252 e. The van der Waals surface area contributed by atoms with Gasteiger partial charge in [-0.25, -0.2) is 0 Å². The second kappa shape index (κ2) is 17.8. The van der Waals surface area contributed by atoms with Crippen LogP contribution in [0.5, 0.6) is 0 Å². The fourth-order valence-corrected chi connectivity index (χ4v) is 13.7. The molecule has 390 valence electrons. The summed E-state index contributed by atoms with van der Waals surface area (Å²) in [6, 6.07) is 68.2. The molecular weight excluding hydrogens is 932 g/mol. The van der Waals surface area contributed by atoms with Gasteiger partial charge in [0.2, 0.25) is 0 Å². The van der Waals surface area contributed by atoms with Gasteiger partial charge in [-0.05, 0) is 177 Å². The number of nitrogens with zero attached hydrogens (tertiary/aromatic N) is 4. The highest BCUT2D eigenvalue weighted by molar-refractivity contribution is 7.00. The Bertz CT molecular complexity index is 3400. The van der Waals surface area contributed by atoms with E-state index in [-0.39, 0.29) is 39.3 Å². The van der Waals surface area contributed by atoms with Gasteiger partial charge >= 0.3 is 0 Å². The second-order valence-corrected chi connectivity index (χ2v) is 27.5. The van der Waals surface area contributed by atoms with Crippen molar-refractivity contribution in [1.82, 2.24) is 0 Å². The van der Waals surface area contributed by atoms with Crippen LogP contribution >= 0.6 is 0 Å². The lowest BCUT2D eigenvalue weighted by molar-refractivity contribution is 0.195. The first-order valence-corrected chi connectivity index (χ1v) is 28.6. The van der Waals surface area contributed by atoms with Crippen LogP contribution in [0.25, 0.3) is 0 Å². The molecule has 77 heavy (non-hydrogen) atoms. The molecule has 8 aromatic rings. The number of benzene rings is 8. The summed E-state index contributed by atoms with van der Waals surface area (Å²) in [7, 11) is 0. The third kappa shape index (κ3) is 8.24. The molecule has 4 nitrogen and oxygen atoms in total. The van der Waals surface area contributed by atoms with E-state index < -0.39 is 0 Å². The van der Waals surface area contributed by atoms with Crippen LogP contribution in [-0.2, 0) is 27.1 Å². The molecule has 3 heterocycles. The normalized spacial score (nSPS) is 18.8. The lowest BCUT2D eigenvalue weighted by Gasteiger charge is -2.51. The first-order valence-electron chi connectivity index (χ1n) is 28.6. The van der Waals surface area contributed by atoms with Gasteiger partial charge in [0.25, 0.3) is 6.71 Å². The van der Waals surface area contributed by atoms with E-state index in [4.69, 9.17) is 0 Å². The molecule has 2 unspecified atom stereocenters. The maximum atomic E-state index is 2.82. The predicted octanol–water partition coefficient (Wildman–Crippen LogP) is 18.2. The minimum absolute atomic E-state index is 0.00269. The summed E-state index contributed by atoms with van der Waals surface area (Å²) in [6.45, 7) is 33.4. The van der Waals surface area contributed by atoms with E-state index in [1.807, 2.05) is 0 Å². The minimum Gasteiger partial charge on any atom is -0.334 e. The molecule has 2 atom stereocenters. The summed E-state index contributed by atoms with van der Waals surface area (Å²) >= 11 is 0. The molecule has 0 bridgehead atoms. The van der Waals surface area contributed by atoms with Crippen LogP contribution in [0.2, 0.25) is 0 Å². The average Bonchev–Trinajstić information content (AvgIpc) is 3.86. The predicted molar refractivity (Wildman–Crippen MR) is 333 cm³/mol. The van der Waals surface area contributed by atoms with Gasteiger partial charge in [0.1, 0.15) is 0 Å². The van der Waals surface area contributed by atoms with Gasteiger partial charge in [0.05, 0.1) is 5.54 Å². The molecule has 0 amide bonds. The summed E-state index contributed by atoms with van der Waals surface area (Å²) in [4.78, 5) is 10.6. The van der Waals surface area contributed by atoms with Crippen LogP contribution in [0.1, 0.15) is 150 Å². The van der Waals surface area contributed by atoms with Crippen molar-refractivity contribution >= 4 is 85.7 Å². The SMILES string of the molecule is CC(C)(C)c1cccc(N2c3cc(C(C)(C)C)ccc3B3c4ccc(C(C)(C)C)cc4N(c4cccc(C(C)(C)C)c4)c4cc(N5c6ccc(N(c7ccccc7)c7ccccc7)cc6C6(C)CCCCC56C)cc2c43)c1. The molecule has 1 fully saturated rings. The van der Waals surface area contributed by atoms with Crippen molar-refractivity contribution < 1.29 is 0 Å². The Kier molecular flexibility index (Phi) is 11.7. The lowest BCUT2D eigenvalue weighted by atomic mass is 9.33. The minimum atomic E-state index is -0.219. The zero-order valence-electron chi connectivity index (χ0n) is 48.4. The zero-order valence-corrected chi connectivity index (χ0v) is 48.4. The lowest BCUT2D eigenvalue weighted by Crippen LogP contribution is -2.61. The van der Waals surface area contributed by atoms with E-state index in [0.29, 0.717) is 0 Å². The van der Waals surface area contributed by atoms with Crippen molar-refractivity contribution in [3.05, 3.63) is 204 Å². The first kappa shape index (κ1) is 50.8. The van der Waals surface area contributed by atoms with E-state index in [9.17, 15) is 0 Å². The van der Waals surface area contributed by atoms with Crippen LogP contribution in [0.3, 0.4) is 0 Å². The Morgan fingerprint density at radius 2 is 0.844 bits per heavy atom. The summed E-state index contributed by atoms with van der Waals surface area (Å²) in [5.41, 5.74) is 23.7. The van der Waals surface area contributed by atoms with Crippen LogP contribution in [0, 0.1) is 0 Å². The van der Waals surface area contributed by atoms with Crippen molar-refractivity contribution in [1.29, 1.82) is 0 Å². The summed E-state index contributed by atoms with van der Waals surface area (Å²) in [5.74, 6) is 0. The van der Waals surface area contributed by atoms with Gasteiger partial charge < -0.3 is 19.6 Å². The largest absolute Gasteiger partial charge is 0.334 e. The quantitative estimate of drug-likeness (QED) is 0.154. The molecule has 0 N–H and O–H groups in total. The Hall–Kier alpha value is -6.98. The monoisotopic (exact) mass is 1010 g/mol. The molecule has 1 aliphatic carbocycles. The maximum absolute atomic E-state index is 2.82. The molecule has 0 spiro atoms. The van der Waals surface area contributed by atoms with Gasteiger partial charge in [-0.15, -0.1) is 0 Å². The molecule has 4 aliphatic rings. The van der Waals surface area contributed by atoms with Crippen molar-refractivity contribution in [2.45, 2.75) is 155 Å². The Balaban J connectivity index is 1.19. The highest BCUT2D eigenvalue weighted by atomic mass is 15.3. The molecule has 1 saturated carbocycles. The van der Waals surface area contributed by atoms with E-state index in [2.05, 4.69) is 292 Å². The molecule has 5 heteroatoms. The Morgan fingerprint density at radius 3 is 1.31 bits per heavy atom. The van der Waals surface area contributed by atoms with Crippen LogP contribution in [0.15, 0.2) is 176 Å². The summed E-state index contributed by atoms with van der Waals surface area (Å²) in [5, 5.41) is 0. The number of rotatable bonds is 6.